The summed E-state index contributed by atoms with van der Waals surface area (Å²) >= 11 is 0. The minimum atomic E-state index is -1.02. The van der Waals surface area contributed by atoms with Gasteiger partial charge in [-0.2, -0.15) is 0 Å². The highest BCUT2D eigenvalue weighted by Gasteiger charge is 2.22. The maximum absolute atomic E-state index is 13.0. The Balaban J connectivity index is 2.11. The summed E-state index contributed by atoms with van der Waals surface area (Å²) in [6.07, 6.45) is 0.675. The van der Waals surface area contributed by atoms with E-state index in [9.17, 15) is 18.7 Å². The van der Waals surface area contributed by atoms with Crippen LogP contribution in [0.4, 0.5) is 8.78 Å². The standard InChI is InChI=1S/C12H13F2NO2/c13-10-2-1-8(7-11(10)14)12(17)15-5-3-9(16)4-6-15/h1-2,7,9,16H,3-6H2. The molecule has 0 unspecified atom stereocenters. The van der Waals surface area contributed by atoms with Gasteiger partial charge in [0.25, 0.3) is 5.91 Å². The smallest absolute Gasteiger partial charge is 0.253 e. The van der Waals surface area contributed by atoms with Gasteiger partial charge < -0.3 is 10.0 Å². The van der Waals surface area contributed by atoms with Crippen LogP contribution in [0.3, 0.4) is 0 Å². The molecule has 1 N–H and O–H groups in total. The van der Waals surface area contributed by atoms with Gasteiger partial charge in [0.15, 0.2) is 11.6 Å². The summed E-state index contributed by atoms with van der Waals surface area (Å²) < 4.78 is 25.7. The van der Waals surface area contributed by atoms with E-state index in [1.807, 2.05) is 0 Å². The Morgan fingerprint density at radius 2 is 1.88 bits per heavy atom. The lowest BCUT2D eigenvalue weighted by Gasteiger charge is -2.29. The Morgan fingerprint density at radius 3 is 2.47 bits per heavy atom. The summed E-state index contributed by atoms with van der Waals surface area (Å²) in [6, 6.07) is 3.12. The Labute approximate surface area is 97.7 Å². The van der Waals surface area contributed by atoms with Gasteiger partial charge in [0.2, 0.25) is 0 Å². The molecule has 1 aromatic carbocycles. The molecule has 0 aromatic heterocycles. The molecule has 0 saturated carbocycles. The molecule has 0 bridgehead atoms. The number of hydrogen-bond acceptors (Lipinski definition) is 2. The SMILES string of the molecule is O=C(c1ccc(F)c(F)c1)N1CCC(O)CC1. The molecule has 3 nitrogen and oxygen atoms in total. The molecule has 1 fully saturated rings. The fraction of sp³-hybridized carbons (Fsp3) is 0.417. The first kappa shape index (κ1) is 12.0. The van der Waals surface area contributed by atoms with Crippen molar-refractivity contribution in [2.45, 2.75) is 18.9 Å². The average Bonchev–Trinajstić information content (AvgIpc) is 2.33. The summed E-state index contributed by atoms with van der Waals surface area (Å²) in [5.41, 5.74) is 0.139. The zero-order chi connectivity index (χ0) is 12.4. The molecule has 1 heterocycles. The number of hydrogen-bond donors (Lipinski definition) is 1. The van der Waals surface area contributed by atoms with Crippen molar-refractivity contribution in [2.75, 3.05) is 13.1 Å². The number of aliphatic hydroxyl groups is 1. The lowest BCUT2D eigenvalue weighted by atomic mass is 10.1. The Bertz CT molecular complexity index is 429. The number of amides is 1. The molecule has 2 rings (SSSR count). The Hall–Kier alpha value is -1.49. The first-order valence-electron chi connectivity index (χ1n) is 5.50. The van der Waals surface area contributed by atoms with E-state index >= 15 is 0 Å². The number of carbonyl (C=O) groups excluding carboxylic acids is 1. The predicted molar refractivity (Wildman–Crippen MR) is 57.5 cm³/mol. The molecule has 1 aliphatic rings. The van der Waals surface area contributed by atoms with E-state index in [1.165, 1.54) is 6.07 Å². The van der Waals surface area contributed by atoms with Gasteiger partial charge in [0.05, 0.1) is 6.10 Å². The zero-order valence-corrected chi connectivity index (χ0v) is 9.20. The van der Waals surface area contributed by atoms with E-state index in [-0.39, 0.29) is 17.6 Å². The highest BCUT2D eigenvalue weighted by molar-refractivity contribution is 5.94. The van der Waals surface area contributed by atoms with E-state index < -0.39 is 11.6 Å². The lowest BCUT2D eigenvalue weighted by molar-refractivity contribution is 0.0546. The van der Waals surface area contributed by atoms with Crippen LogP contribution in [-0.2, 0) is 0 Å². The Kier molecular flexibility index (Phi) is 3.38. The molecule has 0 atom stereocenters. The quantitative estimate of drug-likeness (QED) is 0.810. The highest BCUT2D eigenvalue weighted by Crippen LogP contribution is 2.15. The molecular formula is C12H13F2NO2. The third kappa shape index (κ3) is 2.61. The van der Waals surface area contributed by atoms with Crippen LogP contribution in [0.25, 0.3) is 0 Å². The van der Waals surface area contributed by atoms with Crippen molar-refractivity contribution in [1.82, 2.24) is 4.90 Å². The van der Waals surface area contributed by atoms with Gasteiger partial charge in [-0.25, -0.2) is 8.78 Å². The van der Waals surface area contributed by atoms with Crippen molar-refractivity contribution in [1.29, 1.82) is 0 Å². The molecular weight excluding hydrogens is 228 g/mol. The van der Waals surface area contributed by atoms with Crippen molar-refractivity contribution in [3.05, 3.63) is 35.4 Å². The first-order valence-corrected chi connectivity index (χ1v) is 5.50. The van der Waals surface area contributed by atoms with Gasteiger partial charge in [0, 0.05) is 18.7 Å². The molecule has 1 amide bonds. The number of rotatable bonds is 1. The van der Waals surface area contributed by atoms with Crippen LogP contribution in [0.1, 0.15) is 23.2 Å². The number of nitrogens with zero attached hydrogens (tertiary/aromatic N) is 1. The van der Waals surface area contributed by atoms with Crippen molar-refractivity contribution in [2.24, 2.45) is 0 Å². The monoisotopic (exact) mass is 241 g/mol. The van der Waals surface area contributed by atoms with Gasteiger partial charge in [-0.15, -0.1) is 0 Å². The molecule has 17 heavy (non-hydrogen) atoms. The van der Waals surface area contributed by atoms with Crippen molar-refractivity contribution >= 4 is 5.91 Å². The fourth-order valence-electron chi connectivity index (χ4n) is 1.88. The van der Waals surface area contributed by atoms with E-state index in [2.05, 4.69) is 0 Å². The number of likely N-dealkylation sites (tertiary alicyclic amines) is 1. The summed E-state index contributed by atoms with van der Waals surface area (Å²) in [6.45, 7) is 0.887. The van der Waals surface area contributed by atoms with E-state index in [0.29, 0.717) is 25.9 Å². The van der Waals surface area contributed by atoms with Crippen molar-refractivity contribution in [3.8, 4) is 0 Å². The molecule has 0 aliphatic carbocycles. The lowest BCUT2D eigenvalue weighted by Crippen LogP contribution is -2.40. The van der Waals surface area contributed by atoms with Gasteiger partial charge in [-0.1, -0.05) is 0 Å². The van der Waals surface area contributed by atoms with E-state index in [0.717, 1.165) is 12.1 Å². The van der Waals surface area contributed by atoms with Crippen LogP contribution in [-0.4, -0.2) is 35.1 Å². The number of aliphatic hydroxyl groups excluding tert-OH is 1. The number of carbonyl (C=O) groups is 1. The van der Waals surface area contributed by atoms with Gasteiger partial charge in [-0.05, 0) is 31.0 Å². The molecule has 0 radical (unpaired) electrons. The maximum atomic E-state index is 13.0. The topological polar surface area (TPSA) is 40.5 Å². The van der Waals surface area contributed by atoms with E-state index in [4.69, 9.17) is 0 Å². The van der Waals surface area contributed by atoms with Crippen LogP contribution in [0.2, 0.25) is 0 Å². The summed E-state index contributed by atoms with van der Waals surface area (Å²) in [5.74, 6) is -2.31. The molecule has 1 aromatic rings. The average molecular weight is 241 g/mol. The third-order valence-corrected chi connectivity index (χ3v) is 2.92. The minimum absolute atomic E-state index is 0.139. The number of piperidine rings is 1. The van der Waals surface area contributed by atoms with Crippen LogP contribution >= 0.6 is 0 Å². The molecule has 1 saturated heterocycles. The fourth-order valence-corrected chi connectivity index (χ4v) is 1.88. The highest BCUT2D eigenvalue weighted by atomic mass is 19.2. The summed E-state index contributed by atoms with van der Waals surface area (Å²) in [5, 5.41) is 9.31. The molecule has 92 valence electrons. The van der Waals surface area contributed by atoms with Crippen LogP contribution < -0.4 is 0 Å². The number of halogens is 2. The molecule has 5 heteroatoms. The van der Waals surface area contributed by atoms with Gasteiger partial charge in [-0.3, -0.25) is 4.79 Å². The van der Waals surface area contributed by atoms with Crippen LogP contribution in [0.5, 0.6) is 0 Å². The first-order chi connectivity index (χ1) is 8.08. The molecule has 1 aliphatic heterocycles. The summed E-state index contributed by atoms with van der Waals surface area (Å²) in [7, 11) is 0. The molecule has 0 spiro atoms. The van der Waals surface area contributed by atoms with E-state index in [1.54, 1.807) is 4.90 Å². The normalized spacial score (nSPS) is 17.2. The summed E-state index contributed by atoms with van der Waals surface area (Å²) in [4.78, 5) is 13.5. The van der Waals surface area contributed by atoms with Crippen LogP contribution in [0.15, 0.2) is 18.2 Å². The largest absolute Gasteiger partial charge is 0.393 e. The predicted octanol–water partition coefficient (Wildman–Crippen LogP) is 1.56. The number of benzene rings is 1. The second-order valence-corrected chi connectivity index (χ2v) is 4.15. The van der Waals surface area contributed by atoms with Gasteiger partial charge >= 0.3 is 0 Å². The zero-order valence-electron chi connectivity index (χ0n) is 9.20. The second kappa shape index (κ2) is 4.79. The third-order valence-electron chi connectivity index (χ3n) is 2.92. The Morgan fingerprint density at radius 1 is 1.24 bits per heavy atom. The second-order valence-electron chi connectivity index (χ2n) is 4.15. The van der Waals surface area contributed by atoms with Crippen molar-refractivity contribution < 1.29 is 18.7 Å². The van der Waals surface area contributed by atoms with Gasteiger partial charge in [0.1, 0.15) is 0 Å². The minimum Gasteiger partial charge on any atom is -0.393 e. The van der Waals surface area contributed by atoms with Crippen molar-refractivity contribution in [3.63, 3.8) is 0 Å². The maximum Gasteiger partial charge on any atom is 0.253 e. The van der Waals surface area contributed by atoms with Crippen LogP contribution in [0, 0.1) is 11.6 Å².